The number of carboxylic acids is 1. The number of amides is 1. The van der Waals surface area contributed by atoms with Crippen molar-refractivity contribution in [3.63, 3.8) is 0 Å². The smallest absolute Gasteiger partial charge is 0.335 e. The minimum absolute atomic E-state index is 0.0497. The maximum absolute atomic E-state index is 10.8. The number of carbonyl (C=O) groups excluding carboxylic acids is 1. The van der Waals surface area contributed by atoms with Crippen LogP contribution in [0.1, 0.15) is 12.0 Å². The van der Waals surface area contributed by atoms with Gasteiger partial charge < -0.3 is 15.9 Å². The van der Waals surface area contributed by atoms with Gasteiger partial charge in [-0.1, -0.05) is 30.3 Å². The predicted molar refractivity (Wildman–Crippen MR) is 61.2 cm³/mol. The number of hydrogen-bond donors (Lipinski definition) is 3. The van der Waals surface area contributed by atoms with E-state index >= 15 is 0 Å². The highest BCUT2D eigenvalue weighted by molar-refractivity contribution is 5.99. The summed E-state index contributed by atoms with van der Waals surface area (Å²) in [5.74, 6) is -3.35. The van der Waals surface area contributed by atoms with Crippen molar-refractivity contribution in [1.29, 1.82) is 0 Å². The third-order valence-corrected chi connectivity index (χ3v) is 2.28. The van der Waals surface area contributed by atoms with E-state index in [0.717, 1.165) is 5.56 Å². The van der Waals surface area contributed by atoms with Crippen LogP contribution in [0.3, 0.4) is 0 Å². The second-order valence-corrected chi connectivity index (χ2v) is 3.48. The standard InChI is InChI=1S/C12H13NO4/c13-11(15)10(14)9(12(16)17)7-6-8-4-2-1-3-5-8/h1-5,14H,6-7H2,(H2,13,15)(H,16,17)/b10-9+. The molecule has 1 amide bonds. The second kappa shape index (κ2) is 5.69. The third kappa shape index (κ3) is 3.64. The van der Waals surface area contributed by atoms with E-state index in [1.807, 2.05) is 30.3 Å². The van der Waals surface area contributed by atoms with Gasteiger partial charge in [-0.05, 0) is 18.4 Å². The van der Waals surface area contributed by atoms with Crippen LogP contribution < -0.4 is 5.73 Å². The highest BCUT2D eigenvalue weighted by Gasteiger charge is 2.17. The highest BCUT2D eigenvalue weighted by Crippen LogP contribution is 2.12. The van der Waals surface area contributed by atoms with Crippen molar-refractivity contribution in [2.75, 3.05) is 0 Å². The fourth-order valence-corrected chi connectivity index (χ4v) is 1.39. The number of aryl methyl sites for hydroxylation is 1. The number of aliphatic carboxylic acids is 1. The number of nitrogens with two attached hydrogens (primary N) is 1. The molecule has 0 bridgehead atoms. The first-order chi connectivity index (χ1) is 8.02. The Kier molecular flexibility index (Phi) is 4.28. The molecule has 90 valence electrons. The molecule has 0 heterocycles. The van der Waals surface area contributed by atoms with Crippen molar-refractivity contribution in [2.24, 2.45) is 5.73 Å². The number of aliphatic hydroxyl groups excluding tert-OH is 1. The van der Waals surface area contributed by atoms with Gasteiger partial charge in [-0.25, -0.2) is 4.79 Å². The number of carbonyl (C=O) groups is 2. The normalized spacial score (nSPS) is 11.8. The topological polar surface area (TPSA) is 101 Å². The van der Waals surface area contributed by atoms with Gasteiger partial charge in [0, 0.05) is 0 Å². The lowest BCUT2D eigenvalue weighted by Crippen LogP contribution is -2.19. The molecule has 5 heteroatoms. The summed E-state index contributed by atoms with van der Waals surface area (Å²) in [6.45, 7) is 0. The van der Waals surface area contributed by atoms with E-state index in [-0.39, 0.29) is 12.0 Å². The summed E-state index contributed by atoms with van der Waals surface area (Å²) >= 11 is 0. The van der Waals surface area contributed by atoms with Gasteiger partial charge in [0.1, 0.15) is 0 Å². The molecule has 0 aromatic heterocycles. The van der Waals surface area contributed by atoms with E-state index in [1.165, 1.54) is 0 Å². The van der Waals surface area contributed by atoms with Gasteiger partial charge >= 0.3 is 5.97 Å². The summed E-state index contributed by atoms with van der Waals surface area (Å²) in [6.07, 6.45) is 0.466. The molecule has 17 heavy (non-hydrogen) atoms. The van der Waals surface area contributed by atoms with Gasteiger partial charge in [-0.3, -0.25) is 4.79 Å². The number of benzene rings is 1. The van der Waals surface area contributed by atoms with Crippen molar-refractivity contribution < 1.29 is 19.8 Å². The fourth-order valence-electron chi connectivity index (χ4n) is 1.39. The molecule has 0 aliphatic carbocycles. The van der Waals surface area contributed by atoms with Crippen molar-refractivity contribution in [3.8, 4) is 0 Å². The minimum atomic E-state index is -1.34. The maximum Gasteiger partial charge on any atom is 0.335 e. The quantitative estimate of drug-likeness (QED) is 0.523. The van der Waals surface area contributed by atoms with Crippen LogP contribution in [0.2, 0.25) is 0 Å². The summed E-state index contributed by atoms with van der Waals surface area (Å²) in [6, 6.07) is 9.17. The van der Waals surface area contributed by atoms with Crippen LogP contribution in [0, 0.1) is 0 Å². The lowest BCUT2D eigenvalue weighted by molar-refractivity contribution is -0.133. The van der Waals surface area contributed by atoms with Gasteiger partial charge in [0.2, 0.25) is 0 Å². The molecule has 0 aliphatic rings. The number of primary amides is 1. The van der Waals surface area contributed by atoms with E-state index in [1.54, 1.807) is 0 Å². The van der Waals surface area contributed by atoms with Crippen LogP contribution in [0.15, 0.2) is 41.7 Å². The Morgan fingerprint density at radius 3 is 2.18 bits per heavy atom. The summed E-state index contributed by atoms with van der Waals surface area (Å²) in [7, 11) is 0. The average molecular weight is 235 g/mol. The van der Waals surface area contributed by atoms with E-state index in [0.29, 0.717) is 6.42 Å². The first-order valence-electron chi connectivity index (χ1n) is 5.01. The number of rotatable bonds is 5. The third-order valence-electron chi connectivity index (χ3n) is 2.28. The molecular weight excluding hydrogens is 222 g/mol. The molecule has 5 nitrogen and oxygen atoms in total. The Morgan fingerprint density at radius 1 is 1.12 bits per heavy atom. The Bertz CT molecular complexity index is 451. The Hall–Kier alpha value is -2.30. The van der Waals surface area contributed by atoms with Gasteiger partial charge in [-0.2, -0.15) is 0 Å². The van der Waals surface area contributed by atoms with Crippen LogP contribution in [-0.2, 0) is 16.0 Å². The monoisotopic (exact) mass is 235 g/mol. The maximum atomic E-state index is 10.8. The summed E-state index contributed by atoms with van der Waals surface area (Å²) < 4.78 is 0. The zero-order chi connectivity index (χ0) is 12.8. The van der Waals surface area contributed by atoms with Crippen LogP contribution in [-0.4, -0.2) is 22.1 Å². The van der Waals surface area contributed by atoms with E-state index < -0.39 is 17.6 Å². The van der Waals surface area contributed by atoms with Gasteiger partial charge in [0.25, 0.3) is 5.91 Å². The number of aliphatic hydroxyl groups is 1. The van der Waals surface area contributed by atoms with Gasteiger partial charge in [0.15, 0.2) is 5.76 Å². The zero-order valence-corrected chi connectivity index (χ0v) is 9.09. The molecule has 0 saturated carbocycles. The van der Waals surface area contributed by atoms with Crippen LogP contribution in [0.5, 0.6) is 0 Å². The average Bonchev–Trinajstić information content (AvgIpc) is 2.29. The lowest BCUT2D eigenvalue weighted by atomic mass is 10.0. The molecule has 0 aliphatic heterocycles. The molecule has 1 rings (SSSR count). The Balaban J connectivity index is 2.80. The fraction of sp³-hybridized carbons (Fsp3) is 0.167. The van der Waals surface area contributed by atoms with Crippen molar-refractivity contribution in [1.82, 2.24) is 0 Å². The molecule has 0 unspecified atom stereocenters. The van der Waals surface area contributed by atoms with Gasteiger partial charge in [-0.15, -0.1) is 0 Å². The van der Waals surface area contributed by atoms with Crippen molar-refractivity contribution in [2.45, 2.75) is 12.8 Å². The highest BCUT2D eigenvalue weighted by atomic mass is 16.4. The van der Waals surface area contributed by atoms with Crippen LogP contribution >= 0.6 is 0 Å². The van der Waals surface area contributed by atoms with Crippen LogP contribution in [0.25, 0.3) is 0 Å². The van der Waals surface area contributed by atoms with E-state index in [2.05, 4.69) is 0 Å². The second-order valence-electron chi connectivity index (χ2n) is 3.48. The number of carboxylic acid groups (broad SMARTS) is 1. The first kappa shape index (κ1) is 12.8. The van der Waals surface area contributed by atoms with E-state index in [9.17, 15) is 14.7 Å². The SMILES string of the molecule is NC(=O)/C(O)=C(/CCc1ccccc1)C(=O)O. The van der Waals surface area contributed by atoms with Crippen molar-refractivity contribution in [3.05, 3.63) is 47.2 Å². The summed E-state index contributed by atoms with van der Waals surface area (Å²) in [4.78, 5) is 21.5. The molecule has 0 saturated heterocycles. The first-order valence-corrected chi connectivity index (χ1v) is 5.01. The molecule has 0 radical (unpaired) electrons. The predicted octanol–water partition coefficient (Wildman–Crippen LogP) is 1.00. The van der Waals surface area contributed by atoms with E-state index in [4.69, 9.17) is 10.8 Å². The number of hydrogen-bond acceptors (Lipinski definition) is 3. The van der Waals surface area contributed by atoms with Gasteiger partial charge in [0.05, 0.1) is 5.57 Å². The molecule has 0 spiro atoms. The molecule has 4 N–H and O–H groups in total. The van der Waals surface area contributed by atoms with Crippen LogP contribution in [0.4, 0.5) is 0 Å². The molecule has 1 aromatic rings. The van der Waals surface area contributed by atoms with Crippen molar-refractivity contribution >= 4 is 11.9 Å². The Labute approximate surface area is 98.2 Å². The molecule has 0 fully saturated rings. The Morgan fingerprint density at radius 2 is 1.71 bits per heavy atom. The summed E-state index contributed by atoms with van der Waals surface area (Å²) in [5, 5.41) is 18.1. The molecular formula is C12H13NO4. The zero-order valence-electron chi connectivity index (χ0n) is 9.09. The molecule has 1 aromatic carbocycles. The lowest BCUT2D eigenvalue weighted by Gasteiger charge is -2.04. The summed E-state index contributed by atoms with van der Waals surface area (Å²) in [5.41, 5.74) is 5.39. The largest absolute Gasteiger partial charge is 0.503 e. The minimum Gasteiger partial charge on any atom is -0.503 e. The molecule has 0 atom stereocenters.